The number of nitrogen functional groups attached to an aromatic ring is 1. The van der Waals surface area contributed by atoms with Gasteiger partial charge in [0.2, 0.25) is 0 Å². The third-order valence-electron chi connectivity index (χ3n) is 5.05. The maximum absolute atomic E-state index is 12.5. The standard InChI is InChI=1S/C23H18ClN7OS/c1-31-12-28-19(20(31)18-10-15-21(25)26-11-27-22(15)33-18)13-5-4-6-14(9-13)29-23(32)30-17-8-3-2-7-16(17)24/h2-12H,1H3,(H2,25,26,27)(H2,29,30,32). The monoisotopic (exact) mass is 475 g/mol. The van der Waals surface area contributed by atoms with E-state index < -0.39 is 0 Å². The molecule has 10 heteroatoms. The number of fused-ring (bicyclic) bond motifs is 1. The maximum atomic E-state index is 12.5. The van der Waals surface area contributed by atoms with Gasteiger partial charge in [0.1, 0.15) is 17.0 Å². The fraction of sp³-hybridized carbons (Fsp3) is 0.0435. The number of benzene rings is 2. The third-order valence-corrected chi connectivity index (χ3v) is 6.43. The highest BCUT2D eigenvalue weighted by Gasteiger charge is 2.18. The van der Waals surface area contributed by atoms with Crippen LogP contribution in [0.1, 0.15) is 0 Å². The van der Waals surface area contributed by atoms with Crippen molar-refractivity contribution in [2.75, 3.05) is 16.4 Å². The van der Waals surface area contributed by atoms with Crippen LogP contribution in [-0.4, -0.2) is 25.6 Å². The number of hydrogen-bond acceptors (Lipinski definition) is 6. The fourth-order valence-corrected chi connectivity index (χ4v) is 4.79. The Morgan fingerprint density at radius 2 is 1.91 bits per heavy atom. The molecule has 5 aromatic rings. The van der Waals surface area contributed by atoms with Crippen LogP contribution in [-0.2, 0) is 7.05 Å². The Labute approximate surface area is 198 Å². The summed E-state index contributed by atoms with van der Waals surface area (Å²) >= 11 is 7.65. The van der Waals surface area contributed by atoms with Crippen LogP contribution in [0.4, 0.5) is 22.0 Å². The number of aryl methyl sites for hydroxylation is 1. The first kappa shape index (κ1) is 20.9. The summed E-state index contributed by atoms with van der Waals surface area (Å²) in [5, 5.41) is 6.88. The zero-order valence-electron chi connectivity index (χ0n) is 17.4. The highest BCUT2D eigenvalue weighted by molar-refractivity contribution is 7.21. The minimum absolute atomic E-state index is 0.389. The molecule has 2 aromatic carbocycles. The number of imidazole rings is 1. The Bertz CT molecular complexity index is 1490. The van der Waals surface area contributed by atoms with E-state index in [0.29, 0.717) is 22.2 Å². The van der Waals surface area contributed by atoms with Crippen molar-refractivity contribution < 1.29 is 4.79 Å². The van der Waals surface area contributed by atoms with Gasteiger partial charge < -0.3 is 20.9 Å². The molecule has 8 nitrogen and oxygen atoms in total. The molecule has 0 fully saturated rings. The zero-order valence-corrected chi connectivity index (χ0v) is 19.0. The van der Waals surface area contributed by atoms with E-state index in [2.05, 4.69) is 25.6 Å². The van der Waals surface area contributed by atoms with Crippen molar-refractivity contribution in [1.82, 2.24) is 19.5 Å². The Balaban J connectivity index is 1.45. The van der Waals surface area contributed by atoms with Crippen LogP contribution in [0.2, 0.25) is 5.02 Å². The number of nitrogens with zero attached hydrogens (tertiary/aromatic N) is 4. The van der Waals surface area contributed by atoms with Crippen molar-refractivity contribution in [3.05, 3.63) is 72.3 Å². The van der Waals surface area contributed by atoms with Crippen molar-refractivity contribution in [2.24, 2.45) is 7.05 Å². The molecule has 0 aliphatic heterocycles. The van der Waals surface area contributed by atoms with Crippen molar-refractivity contribution in [2.45, 2.75) is 0 Å². The average molecular weight is 476 g/mol. The van der Waals surface area contributed by atoms with Gasteiger partial charge >= 0.3 is 6.03 Å². The second-order valence-corrected chi connectivity index (χ2v) is 8.72. The lowest BCUT2D eigenvalue weighted by molar-refractivity contribution is 0.262. The molecule has 5 rings (SSSR count). The fourth-order valence-electron chi connectivity index (χ4n) is 3.51. The first-order chi connectivity index (χ1) is 16.0. The van der Waals surface area contributed by atoms with Crippen LogP contribution in [0, 0.1) is 0 Å². The summed E-state index contributed by atoms with van der Waals surface area (Å²) in [6.07, 6.45) is 3.22. The van der Waals surface area contributed by atoms with Crippen molar-refractivity contribution in [1.29, 1.82) is 0 Å². The zero-order chi connectivity index (χ0) is 22.9. The Hall–Kier alpha value is -3.95. The number of thiophene rings is 1. The van der Waals surface area contributed by atoms with Crippen LogP contribution in [0.25, 0.3) is 32.0 Å². The van der Waals surface area contributed by atoms with Gasteiger partial charge in [-0.25, -0.2) is 19.7 Å². The van der Waals surface area contributed by atoms with Crippen LogP contribution in [0.3, 0.4) is 0 Å². The van der Waals surface area contributed by atoms with E-state index in [0.717, 1.165) is 32.0 Å². The number of halogens is 1. The number of nitrogens with one attached hydrogen (secondary N) is 2. The first-order valence-corrected chi connectivity index (χ1v) is 11.1. The van der Waals surface area contributed by atoms with E-state index in [1.54, 1.807) is 30.6 Å². The van der Waals surface area contributed by atoms with Gasteiger partial charge in [-0.05, 0) is 30.3 Å². The lowest BCUT2D eigenvalue weighted by Crippen LogP contribution is -2.19. The van der Waals surface area contributed by atoms with Gasteiger partial charge in [-0.1, -0.05) is 35.9 Å². The number of amides is 2. The molecule has 0 radical (unpaired) electrons. The number of urea groups is 1. The molecule has 164 valence electrons. The Morgan fingerprint density at radius 1 is 1.06 bits per heavy atom. The molecule has 4 N–H and O–H groups in total. The molecular formula is C23H18ClN7OS. The summed E-state index contributed by atoms with van der Waals surface area (Å²) in [7, 11) is 1.93. The molecule has 0 saturated carbocycles. The topological polar surface area (TPSA) is 111 Å². The van der Waals surface area contributed by atoms with Gasteiger partial charge in [-0.3, -0.25) is 0 Å². The molecule has 2 amide bonds. The molecule has 0 aliphatic carbocycles. The predicted molar refractivity (Wildman–Crippen MR) is 134 cm³/mol. The molecular weight excluding hydrogens is 458 g/mol. The smallest absolute Gasteiger partial charge is 0.323 e. The van der Waals surface area contributed by atoms with E-state index in [-0.39, 0.29) is 6.03 Å². The van der Waals surface area contributed by atoms with Gasteiger partial charge in [0.05, 0.1) is 38.7 Å². The minimum atomic E-state index is -0.389. The van der Waals surface area contributed by atoms with E-state index in [4.69, 9.17) is 17.3 Å². The summed E-state index contributed by atoms with van der Waals surface area (Å²) < 4.78 is 1.95. The largest absolute Gasteiger partial charge is 0.383 e. The molecule has 0 unspecified atom stereocenters. The summed E-state index contributed by atoms with van der Waals surface area (Å²) in [6.45, 7) is 0. The number of hydrogen-bond donors (Lipinski definition) is 3. The number of rotatable bonds is 4. The molecule has 0 saturated heterocycles. The molecule has 0 atom stereocenters. The maximum Gasteiger partial charge on any atom is 0.323 e. The second kappa shape index (κ2) is 8.53. The summed E-state index contributed by atoms with van der Waals surface area (Å²) in [4.78, 5) is 27.3. The quantitative estimate of drug-likeness (QED) is 0.311. The number of nitrogens with two attached hydrogens (primary N) is 1. The van der Waals surface area contributed by atoms with Crippen LogP contribution in [0.15, 0.2) is 67.3 Å². The summed E-state index contributed by atoms with van der Waals surface area (Å²) in [6, 6.07) is 16.2. The van der Waals surface area contributed by atoms with E-state index in [9.17, 15) is 4.79 Å². The molecule has 0 bridgehead atoms. The SMILES string of the molecule is Cn1cnc(-c2cccc(NC(=O)Nc3ccccc3Cl)c2)c1-c1cc2c(N)ncnc2s1. The normalized spacial score (nSPS) is 11.0. The van der Waals surface area contributed by atoms with E-state index in [1.807, 2.05) is 41.9 Å². The highest BCUT2D eigenvalue weighted by atomic mass is 35.5. The van der Waals surface area contributed by atoms with Crippen molar-refractivity contribution in [3.8, 4) is 21.8 Å². The molecule has 3 aromatic heterocycles. The lowest BCUT2D eigenvalue weighted by Gasteiger charge is -2.10. The number of carbonyl (C=O) groups is 1. The summed E-state index contributed by atoms with van der Waals surface area (Å²) in [5.41, 5.74) is 9.75. The van der Waals surface area contributed by atoms with Gasteiger partial charge in [-0.2, -0.15) is 0 Å². The number of anilines is 3. The van der Waals surface area contributed by atoms with Crippen LogP contribution >= 0.6 is 22.9 Å². The Kier molecular flexibility index (Phi) is 5.41. The van der Waals surface area contributed by atoms with Crippen molar-refractivity contribution in [3.63, 3.8) is 0 Å². The van der Waals surface area contributed by atoms with Gasteiger partial charge in [0.25, 0.3) is 0 Å². The predicted octanol–water partition coefficient (Wildman–Crippen LogP) is 5.64. The first-order valence-electron chi connectivity index (χ1n) is 9.94. The number of para-hydroxylation sites is 1. The lowest BCUT2D eigenvalue weighted by atomic mass is 10.1. The number of carbonyl (C=O) groups excluding carboxylic acids is 1. The third kappa shape index (κ3) is 4.11. The van der Waals surface area contributed by atoms with Crippen molar-refractivity contribution >= 4 is 56.4 Å². The van der Waals surface area contributed by atoms with Gasteiger partial charge in [-0.15, -0.1) is 11.3 Å². The molecule has 33 heavy (non-hydrogen) atoms. The molecule has 0 spiro atoms. The average Bonchev–Trinajstić information content (AvgIpc) is 3.39. The molecule has 0 aliphatic rings. The van der Waals surface area contributed by atoms with E-state index >= 15 is 0 Å². The van der Waals surface area contributed by atoms with Gasteiger partial charge in [0.15, 0.2) is 0 Å². The minimum Gasteiger partial charge on any atom is -0.383 e. The van der Waals surface area contributed by atoms with Gasteiger partial charge in [0, 0.05) is 18.3 Å². The van der Waals surface area contributed by atoms with Crippen LogP contribution < -0.4 is 16.4 Å². The van der Waals surface area contributed by atoms with E-state index in [1.165, 1.54) is 17.7 Å². The van der Waals surface area contributed by atoms with Crippen LogP contribution in [0.5, 0.6) is 0 Å². The Morgan fingerprint density at radius 3 is 2.73 bits per heavy atom. The summed E-state index contributed by atoms with van der Waals surface area (Å²) in [5.74, 6) is 0.446. The number of aromatic nitrogens is 4. The molecule has 3 heterocycles. The highest BCUT2D eigenvalue weighted by Crippen LogP contribution is 2.39. The second-order valence-electron chi connectivity index (χ2n) is 7.28.